The predicted molar refractivity (Wildman–Crippen MR) is 90.7 cm³/mol. The second-order valence-corrected chi connectivity index (χ2v) is 5.62. The van der Waals surface area contributed by atoms with Crippen LogP contribution in [0, 0.1) is 6.92 Å². The Morgan fingerprint density at radius 3 is 2.58 bits per heavy atom. The number of carboxylic acids is 1. The molecule has 2 aromatic rings. The maximum atomic E-state index is 11.0. The molecule has 2 heterocycles. The van der Waals surface area contributed by atoms with E-state index in [1.807, 2.05) is 23.2 Å². The summed E-state index contributed by atoms with van der Waals surface area (Å²) in [5.41, 5.74) is 1.63. The molecule has 3 rings (SSSR count). The number of aromatic carboxylic acids is 1. The summed E-state index contributed by atoms with van der Waals surface area (Å²) in [6, 6.07) is 10.9. The molecule has 0 spiro atoms. The Morgan fingerprint density at radius 1 is 1.17 bits per heavy atom. The molecule has 0 unspecified atom stereocenters. The number of hydrogen-bond donors (Lipinski definition) is 1. The smallest absolute Gasteiger partial charge is 0.335 e. The summed E-state index contributed by atoms with van der Waals surface area (Å²) in [4.78, 5) is 17.6. The van der Waals surface area contributed by atoms with Crippen LogP contribution < -0.4 is 4.90 Å². The highest BCUT2D eigenvalue weighted by Gasteiger charge is 2.16. The van der Waals surface area contributed by atoms with Crippen LogP contribution in [0.5, 0.6) is 0 Å². The van der Waals surface area contributed by atoms with Crippen LogP contribution in [0.25, 0.3) is 0 Å². The van der Waals surface area contributed by atoms with Crippen molar-refractivity contribution in [2.24, 2.45) is 10.3 Å². The van der Waals surface area contributed by atoms with Gasteiger partial charge in [-0.2, -0.15) is 0 Å². The van der Waals surface area contributed by atoms with Gasteiger partial charge in [0, 0.05) is 19.3 Å². The first-order chi connectivity index (χ1) is 11.6. The quantitative estimate of drug-likeness (QED) is 0.874. The molecular formula is C17H19N5O2. The minimum Gasteiger partial charge on any atom is -0.478 e. The van der Waals surface area contributed by atoms with Crippen LogP contribution in [0.4, 0.5) is 11.5 Å². The van der Waals surface area contributed by atoms with Crippen molar-refractivity contribution in [3.63, 3.8) is 0 Å². The van der Waals surface area contributed by atoms with Crippen LogP contribution in [0.1, 0.15) is 15.9 Å². The number of aryl methyl sites for hydroxylation is 1. The summed E-state index contributed by atoms with van der Waals surface area (Å²) in [6.45, 7) is 4.98. The lowest BCUT2D eigenvalue weighted by molar-refractivity contribution is 0.0696. The highest BCUT2D eigenvalue weighted by atomic mass is 16.4. The van der Waals surface area contributed by atoms with Crippen LogP contribution in [-0.2, 0) is 0 Å². The topological polar surface area (TPSA) is 81.4 Å². The Kier molecular flexibility index (Phi) is 4.69. The van der Waals surface area contributed by atoms with Crippen LogP contribution >= 0.6 is 0 Å². The molecule has 0 bridgehead atoms. The highest BCUT2D eigenvalue weighted by Crippen LogP contribution is 2.19. The molecule has 0 saturated carbocycles. The number of benzene rings is 1. The van der Waals surface area contributed by atoms with E-state index >= 15 is 0 Å². The minimum absolute atomic E-state index is 0.290. The molecule has 1 saturated heterocycles. The van der Waals surface area contributed by atoms with Gasteiger partial charge in [-0.25, -0.2) is 9.78 Å². The Labute approximate surface area is 140 Å². The van der Waals surface area contributed by atoms with E-state index in [0.29, 0.717) is 11.3 Å². The third-order valence-corrected chi connectivity index (χ3v) is 3.96. The van der Waals surface area contributed by atoms with Gasteiger partial charge in [0.05, 0.1) is 24.3 Å². The van der Waals surface area contributed by atoms with Crippen molar-refractivity contribution in [3.05, 3.63) is 53.7 Å². The number of carbonyl (C=O) groups is 1. The van der Waals surface area contributed by atoms with Gasteiger partial charge >= 0.3 is 5.97 Å². The van der Waals surface area contributed by atoms with Gasteiger partial charge in [0.15, 0.2) is 0 Å². The fourth-order valence-electron chi connectivity index (χ4n) is 2.62. The monoisotopic (exact) mass is 325 g/mol. The van der Waals surface area contributed by atoms with E-state index < -0.39 is 5.97 Å². The first-order valence-electron chi connectivity index (χ1n) is 7.80. The van der Waals surface area contributed by atoms with Gasteiger partial charge in [-0.1, -0.05) is 11.3 Å². The maximum Gasteiger partial charge on any atom is 0.335 e. The lowest BCUT2D eigenvalue weighted by Crippen LogP contribution is -2.44. The molecule has 1 aliphatic heterocycles. The van der Waals surface area contributed by atoms with Crippen LogP contribution in [0.15, 0.2) is 52.9 Å². The summed E-state index contributed by atoms with van der Waals surface area (Å²) in [5, 5.41) is 19.4. The average Bonchev–Trinajstić information content (AvgIpc) is 2.61. The number of hydrogen-bond acceptors (Lipinski definition) is 5. The molecule has 1 fully saturated rings. The van der Waals surface area contributed by atoms with Gasteiger partial charge in [-0.15, -0.1) is 5.11 Å². The van der Waals surface area contributed by atoms with E-state index in [9.17, 15) is 4.79 Å². The number of anilines is 1. The van der Waals surface area contributed by atoms with E-state index in [4.69, 9.17) is 5.11 Å². The number of carboxylic acid groups (broad SMARTS) is 1. The number of piperazine rings is 1. The molecule has 124 valence electrons. The minimum atomic E-state index is -0.929. The lowest BCUT2D eigenvalue weighted by Gasteiger charge is -2.32. The zero-order valence-electron chi connectivity index (χ0n) is 13.5. The maximum absolute atomic E-state index is 11.0. The molecule has 7 heteroatoms. The lowest BCUT2D eigenvalue weighted by atomic mass is 10.1. The number of rotatable bonds is 4. The molecule has 7 nitrogen and oxygen atoms in total. The number of aromatic nitrogens is 1. The summed E-state index contributed by atoms with van der Waals surface area (Å²) >= 11 is 0. The van der Waals surface area contributed by atoms with Crippen molar-refractivity contribution in [3.8, 4) is 0 Å². The van der Waals surface area contributed by atoms with Crippen molar-refractivity contribution < 1.29 is 9.90 Å². The molecule has 24 heavy (non-hydrogen) atoms. The van der Waals surface area contributed by atoms with Crippen molar-refractivity contribution >= 4 is 17.5 Å². The summed E-state index contributed by atoms with van der Waals surface area (Å²) in [6.07, 6.45) is 1.80. The van der Waals surface area contributed by atoms with E-state index in [1.54, 1.807) is 31.3 Å². The Morgan fingerprint density at radius 2 is 1.96 bits per heavy atom. The molecule has 1 N–H and O–H groups in total. The fraction of sp³-hybridized carbons (Fsp3) is 0.294. The molecule has 0 amide bonds. The first kappa shape index (κ1) is 15.9. The van der Waals surface area contributed by atoms with Crippen LogP contribution in [0.3, 0.4) is 0 Å². The molecule has 0 radical (unpaired) electrons. The third-order valence-electron chi connectivity index (χ3n) is 3.96. The molecule has 0 aliphatic carbocycles. The fourth-order valence-corrected chi connectivity index (χ4v) is 2.62. The van der Waals surface area contributed by atoms with E-state index in [-0.39, 0.29) is 5.56 Å². The van der Waals surface area contributed by atoms with Gasteiger partial charge in [-0.05, 0) is 42.8 Å². The Hall–Kier alpha value is -2.96. The summed E-state index contributed by atoms with van der Waals surface area (Å²) < 4.78 is 0. The van der Waals surface area contributed by atoms with Crippen molar-refractivity contribution in [2.45, 2.75) is 6.92 Å². The average molecular weight is 325 g/mol. The Balaban J connectivity index is 1.59. The van der Waals surface area contributed by atoms with Crippen LogP contribution in [-0.4, -0.2) is 47.2 Å². The van der Waals surface area contributed by atoms with Gasteiger partial charge in [-0.3, -0.25) is 5.01 Å². The largest absolute Gasteiger partial charge is 0.478 e. The van der Waals surface area contributed by atoms with Crippen LogP contribution in [0.2, 0.25) is 0 Å². The molecule has 1 aliphatic rings. The Bertz CT molecular complexity index is 740. The highest BCUT2D eigenvalue weighted by molar-refractivity contribution is 5.89. The molecule has 0 atom stereocenters. The third kappa shape index (κ3) is 3.68. The molecule has 1 aromatic heterocycles. The first-order valence-corrected chi connectivity index (χ1v) is 7.80. The number of nitrogens with zero attached hydrogens (tertiary/aromatic N) is 5. The second-order valence-electron chi connectivity index (χ2n) is 5.62. The van der Waals surface area contributed by atoms with Gasteiger partial charge in [0.1, 0.15) is 5.82 Å². The van der Waals surface area contributed by atoms with E-state index in [0.717, 1.165) is 32.0 Å². The standard InChI is InChI=1S/C17H19N5O2/c1-13-12-14(5-6-15(13)17(23)24)19-20-22-10-8-21(9-11-22)16-4-2-3-7-18-16/h2-7,12H,8-11H2,1H3,(H,23,24)/b20-19+. The zero-order valence-corrected chi connectivity index (χ0v) is 13.5. The predicted octanol–water partition coefficient (Wildman–Crippen LogP) is 2.91. The van der Waals surface area contributed by atoms with Gasteiger partial charge in [0.25, 0.3) is 0 Å². The van der Waals surface area contributed by atoms with Crippen molar-refractivity contribution in [1.82, 2.24) is 9.99 Å². The zero-order chi connectivity index (χ0) is 16.9. The van der Waals surface area contributed by atoms with Crippen molar-refractivity contribution in [1.29, 1.82) is 0 Å². The SMILES string of the molecule is Cc1cc(/N=N/N2CCN(c3ccccn3)CC2)ccc1C(=O)O. The normalized spacial score (nSPS) is 15.0. The second kappa shape index (κ2) is 7.08. The molecular weight excluding hydrogens is 306 g/mol. The van der Waals surface area contributed by atoms with Gasteiger partial charge in [0.2, 0.25) is 0 Å². The summed E-state index contributed by atoms with van der Waals surface area (Å²) in [5.74, 6) is 0.0515. The van der Waals surface area contributed by atoms with Crippen molar-refractivity contribution in [2.75, 3.05) is 31.1 Å². The summed E-state index contributed by atoms with van der Waals surface area (Å²) in [7, 11) is 0. The van der Waals surface area contributed by atoms with E-state index in [1.165, 1.54) is 0 Å². The van der Waals surface area contributed by atoms with E-state index in [2.05, 4.69) is 20.2 Å². The van der Waals surface area contributed by atoms with Gasteiger partial charge < -0.3 is 10.0 Å². The molecule has 1 aromatic carbocycles. The number of pyridine rings is 1.